The van der Waals surface area contributed by atoms with E-state index in [-0.39, 0.29) is 17.2 Å². The molecule has 20 heavy (non-hydrogen) atoms. The Balaban J connectivity index is 2.03. The number of aromatic amines is 2. The van der Waals surface area contributed by atoms with Gasteiger partial charge in [0, 0.05) is 5.39 Å². The molecule has 0 atom stereocenters. The van der Waals surface area contributed by atoms with Gasteiger partial charge in [-0.3, -0.25) is 9.78 Å². The number of furan rings is 1. The van der Waals surface area contributed by atoms with E-state index in [9.17, 15) is 4.79 Å². The van der Waals surface area contributed by atoms with Crippen molar-refractivity contribution in [3.05, 3.63) is 40.9 Å². The van der Waals surface area contributed by atoms with Gasteiger partial charge in [0.1, 0.15) is 17.7 Å². The quantitative estimate of drug-likeness (QED) is 0.485. The first-order chi connectivity index (χ1) is 9.72. The van der Waals surface area contributed by atoms with Gasteiger partial charge in [-0.05, 0) is 6.07 Å². The van der Waals surface area contributed by atoms with Gasteiger partial charge in [0.25, 0.3) is 5.56 Å². The van der Waals surface area contributed by atoms with Crippen LogP contribution in [0.25, 0.3) is 33.5 Å². The Morgan fingerprint density at radius 3 is 2.90 bits per heavy atom. The number of rotatable bonds is 1. The average molecular weight is 267 g/mol. The van der Waals surface area contributed by atoms with Crippen molar-refractivity contribution in [3.8, 4) is 11.4 Å². The lowest BCUT2D eigenvalue weighted by Crippen LogP contribution is -2.10. The maximum atomic E-state index is 11.8. The molecule has 7 heteroatoms. The molecule has 4 N–H and O–H groups in total. The van der Waals surface area contributed by atoms with Crippen molar-refractivity contribution >= 4 is 28.1 Å². The summed E-state index contributed by atoms with van der Waals surface area (Å²) in [5.41, 5.74) is 7.26. The summed E-state index contributed by atoms with van der Waals surface area (Å²) in [6, 6.07) is 7.59. The molecule has 0 aliphatic rings. The molecule has 0 saturated carbocycles. The number of anilines is 1. The Bertz CT molecular complexity index is 995. The number of nitrogens with two attached hydrogens (primary N) is 1. The number of nitrogens with zero attached hydrogens (tertiary/aromatic N) is 2. The van der Waals surface area contributed by atoms with Crippen LogP contribution in [-0.2, 0) is 0 Å². The molecule has 0 aliphatic carbocycles. The maximum absolute atomic E-state index is 11.8. The molecule has 0 bridgehead atoms. The lowest BCUT2D eigenvalue weighted by atomic mass is 10.2. The Hall–Kier alpha value is -3.09. The summed E-state index contributed by atoms with van der Waals surface area (Å²) in [4.78, 5) is 25.5. The van der Waals surface area contributed by atoms with E-state index >= 15 is 0 Å². The summed E-state index contributed by atoms with van der Waals surface area (Å²) >= 11 is 0. The summed E-state index contributed by atoms with van der Waals surface area (Å²) in [6.07, 6.45) is 1.60. The lowest BCUT2D eigenvalue weighted by molar-refractivity contribution is 0.616. The van der Waals surface area contributed by atoms with E-state index < -0.39 is 0 Å². The van der Waals surface area contributed by atoms with Crippen molar-refractivity contribution in [2.24, 2.45) is 0 Å². The highest BCUT2D eigenvalue weighted by atomic mass is 16.3. The van der Waals surface area contributed by atoms with Crippen LogP contribution in [0.15, 0.2) is 39.7 Å². The van der Waals surface area contributed by atoms with E-state index in [1.54, 1.807) is 6.26 Å². The van der Waals surface area contributed by atoms with Crippen LogP contribution < -0.4 is 11.3 Å². The van der Waals surface area contributed by atoms with Crippen molar-refractivity contribution in [2.75, 3.05) is 5.73 Å². The van der Waals surface area contributed by atoms with E-state index in [4.69, 9.17) is 10.2 Å². The third-order valence-corrected chi connectivity index (χ3v) is 3.12. The number of fused-ring (bicyclic) bond motifs is 2. The number of imidazole rings is 1. The van der Waals surface area contributed by atoms with Gasteiger partial charge in [-0.2, -0.15) is 4.98 Å². The Labute approximate surface area is 111 Å². The molecular formula is C13H9N5O2. The SMILES string of the molecule is Nc1nc2nc(-c3coc4ccccc34)[nH]c2c(=O)[nH]1. The summed E-state index contributed by atoms with van der Waals surface area (Å²) in [5.74, 6) is 0.561. The van der Waals surface area contributed by atoms with Crippen molar-refractivity contribution in [3.63, 3.8) is 0 Å². The normalized spacial score (nSPS) is 11.4. The van der Waals surface area contributed by atoms with Gasteiger partial charge in [0.05, 0.1) is 5.56 Å². The highest BCUT2D eigenvalue weighted by Crippen LogP contribution is 2.29. The summed E-state index contributed by atoms with van der Waals surface area (Å²) in [7, 11) is 0. The maximum Gasteiger partial charge on any atom is 0.278 e. The zero-order valence-corrected chi connectivity index (χ0v) is 10.2. The number of aromatic nitrogens is 4. The third kappa shape index (κ3) is 1.43. The Morgan fingerprint density at radius 1 is 1.15 bits per heavy atom. The minimum absolute atomic E-state index is 0.0394. The molecule has 0 fully saturated rings. The largest absolute Gasteiger partial charge is 0.464 e. The van der Waals surface area contributed by atoms with Crippen molar-refractivity contribution in [1.82, 2.24) is 19.9 Å². The van der Waals surface area contributed by atoms with E-state index in [1.165, 1.54) is 0 Å². The predicted molar refractivity (Wildman–Crippen MR) is 74.1 cm³/mol. The van der Waals surface area contributed by atoms with Crippen molar-refractivity contribution < 1.29 is 4.42 Å². The van der Waals surface area contributed by atoms with Gasteiger partial charge in [0.15, 0.2) is 11.2 Å². The number of para-hydroxylation sites is 1. The minimum Gasteiger partial charge on any atom is -0.464 e. The van der Waals surface area contributed by atoms with Gasteiger partial charge in [-0.15, -0.1) is 0 Å². The molecule has 0 saturated heterocycles. The number of hydrogen-bond donors (Lipinski definition) is 3. The molecule has 98 valence electrons. The molecule has 0 aliphatic heterocycles. The first kappa shape index (κ1) is 10.8. The van der Waals surface area contributed by atoms with E-state index in [2.05, 4.69) is 19.9 Å². The molecule has 4 aromatic rings. The summed E-state index contributed by atoms with van der Waals surface area (Å²) < 4.78 is 5.46. The predicted octanol–water partition coefficient (Wildman–Crippen LogP) is 1.64. The smallest absolute Gasteiger partial charge is 0.278 e. The lowest BCUT2D eigenvalue weighted by Gasteiger charge is -1.91. The number of H-pyrrole nitrogens is 2. The topological polar surface area (TPSA) is 114 Å². The van der Waals surface area contributed by atoms with E-state index in [1.807, 2.05) is 24.3 Å². The van der Waals surface area contributed by atoms with Crippen LogP contribution in [-0.4, -0.2) is 19.9 Å². The third-order valence-electron chi connectivity index (χ3n) is 3.12. The molecule has 7 nitrogen and oxygen atoms in total. The second-order valence-corrected chi connectivity index (χ2v) is 4.38. The summed E-state index contributed by atoms with van der Waals surface area (Å²) in [6.45, 7) is 0. The molecule has 3 heterocycles. The highest BCUT2D eigenvalue weighted by Gasteiger charge is 2.14. The van der Waals surface area contributed by atoms with E-state index in [0.717, 1.165) is 16.5 Å². The van der Waals surface area contributed by atoms with Crippen LogP contribution >= 0.6 is 0 Å². The number of nitrogen functional groups attached to an aromatic ring is 1. The zero-order valence-electron chi connectivity index (χ0n) is 10.2. The molecule has 0 radical (unpaired) electrons. The molecule has 0 unspecified atom stereocenters. The zero-order chi connectivity index (χ0) is 13.7. The fourth-order valence-electron chi connectivity index (χ4n) is 2.21. The van der Waals surface area contributed by atoms with Crippen molar-refractivity contribution in [1.29, 1.82) is 0 Å². The fourth-order valence-corrected chi connectivity index (χ4v) is 2.21. The first-order valence-corrected chi connectivity index (χ1v) is 5.94. The van der Waals surface area contributed by atoms with Crippen LogP contribution in [0, 0.1) is 0 Å². The fraction of sp³-hybridized carbons (Fsp3) is 0. The molecular weight excluding hydrogens is 258 g/mol. The summed E-state index contributed by atoms with van der Waals surface area (Å²) in [5, 5.41) is 0.913. The number of nitrogens with one attached hydrogen (secondary N) is 2. The second-order valence-electron chi connectivity index (χ2n) is 4.38. The average Bonchev–Trinajstić information content (AvgIpc) is 3.01. The molecule has 0 amide bonds. The second kappa shape index (κ2) is 3.70. The molecule has 3 aromatic heterocycles. The van der Waals surface area contributed by atoms with Crippen LogP contribution in [0.4, 0.5) is 5.95 Å². The molecule has 4 rings (SSSR count). The van der Waals surface area contributed by atoms with Crippen LogP contribution in [0.1, 0.15) is 0 Å². The standard InChI is InChI=1S/C13H9N5O2/c14-13-17-11-9(12(19)18-13)15-10(16-11)7-5-20-8-4-2-1-3-6(7)8/h1-5H,(H4,14,15,16,17,18,19). The first-order valence-electron chi connectivity index (χ1n) is 5.94. The van der Waals surface area contributed by atoms with Gasteiger partial charge in [-0.1, -0.05) is 18.2 Å². The number of hydrogen-bond acceptors (Lipinski definition) is 5. The molecule has 0 spiro atoms. The monoisotopic (exact) mass is 267 g/mol. The number of benzene rings is 1. The van der Waals surface area contributed by atoms with Crippen LogP contribution in [0.2, 0.25) is 0 Å². The minimum atomic E-state index is -0.348. The van der Waals surface area contributed by atoms with Gasteiger partial charge in [-0.25, -0.2) is 4.98 Å². The van der Waals surface area contributed by atoms with Gasteiger partial charge >= 0.3 is 0 Å². The Kier molecular flexibility index (Phi) is 2.00. The van der Waals surface area contributed by atoms with E-state index in [0.29, 0.717) is 11.3 Å². The van der Waals surface area contributed by atoms with Crippen LogP contribution in [0.5, 0.6) is 0 Å². The van der Waals surface area contributed by atoms with Gasteiger partial charge < -0.3 is 15.1 Å². The van der Waals surface area contributed by atoms with Crippen molar-refractivity contribution in [2.45, 2.75) is 0 Å². The van der Waals surface area contributed by atoms with Gasteiger partial charge in [0.2, 0.25) is 5.95 Å². The highest BCUT2D eigenvalue weighted by molar-refractivity contribution is 5.93. The Morgan fingerprint density at radius 2 is 2.00 bits per heavy atom. The van der Waals surface area contributed by atoms with Crippen LogP contribution in [0.3, 0.4) is 0 Å². The molecule has 1 aromatic carbocycles.